The Balaban J connectivity index is 1.12. The number of rotatable bonds is 8. The Morgan fingerprint density at radius 1 is 1.15 bits per heavy atom. The number of likely N-dealkylation sites (tertiary alicyclic amines) is 2. The summed E-state index contributed by atoms with van der Waals surface area (Å²) in [5.41, 5.74) is 6.77. The number of carbonyl (C=O) groups excluding carboxylic acids is 2. The van der Waals surface area contributed by atoms with Gasteiger partial charge in [0.15, 0.2) is 5.69 Å². The molecule has 1 saturated carbocycles. The van der Waals surface area contributed by atoms with Crippen LogP contribution in [0.25, 0.3) is 11.3 Å². The van der Waals surface area contributed by atoms with Crippen LogP contribution in [0.3, 0.4) is 0 Å². The maximum Gasteiger partial charge on any atom is 0.284 e. The van der Waals surface area contributed by atoms with Crippen LogP contribution in [0.15, 0.2) is 36.8 Å². The average Bonchev–Trinajstić information content (AvgIpc) is 3.56. The number of nitrogens with one attached hydrogen (secondary N) is 1. The number of halogens is 2. The molecule has 2 amide bonds. The first-order chi connectivity index (χ1) is 19.8. The van der Waals surface area contributed by atoms with Gasteiger partial charge in [0, 0.05) is 63.6 Å². The van der Waals surface area contributed by atoms with Crippen molar-refractivity contribution in [3.05, 3.63) is 48.2 Å². The first-order valence-corrected chi connectivity index (χ1v) is 14.2. The number of piperidine rings is 1. The van der Waals surface area contributed by atoms with Crippen molar-refractivity contribution in [1.82, 2.24) is 34.3 Å². The van der Waals surface area contributed by atoms with E-state index in [0.717, 1.165) is 50.8 Å². The van der Waals surface area contributed by atoms with E-state index >= 15 is 0 Å². The van der Waals surface area contributed by atoms with E-state index in [9.17, 15) is 18.4 Å². The number of pyridine rings is 1. The number of anilines is 1. The fourth-order valence-electron chi connectivity index (χ4n) is 6.08. The lowest BCUT2D eigenvalue weighted by Gasteiger charge is -2.47. The van der Waals surface area contributed by atoms with Crippen molar-refractivity contribution in [3.8, 4) is 11.3 Å². The minimum Gasteiger partial charge on any atom is -0.343 e. The zero-order chi connectivity index (χ0) is 28.7. The molecule has 1 aliphatic carbocycles. The van der Waals surface area contributed by atoms with Crippen LogP contribution in [0.4, 0.5) is 14.5 Å². The smallest absolute Gasteiger partial charge is 0.284 e. The number of hydrogen-bond acceptors (Lipinski definition) is 7. The second-order valence-corrected chi connectivity index (χ2v) is 11.4. The summed E-state index contributed by atoms with van der Waals surface area (Å²) in [7, 11) is 0. The molecule has 2 aliphatic heterocycles. The first-order valence-electron chi connectivity index (χ1n) is 14.2. The predicted molar refractivity (Wildman–Crippen MR) is 147 cm³/mol. The highest BCUT2D eigenvalue weighted by atomic mass is 19.3. The number of nitrogens with zero attached hydrogens (tertiary/aromatic N) is 7. The number of carbonyl (C=O) groups is 2. The van der Waals surface area contributed by atoms with Gasteiger partial charge in [0.25, 0.3) is 12.3 Å². The molecular weight excluding hydrogens is 532 g/mol. The summed E-state index contributed by atoms with van der Waals surface area (Å²) in [4.78, 5) is 33.3. The van der Waals surface area contributed by atoms with Crippen molar-refractivity contribution < 1.29 is 18.4 Å². The molecular formula is C28H35F2N9O2. The monoisotopic (exact) mass is 567 g/mol. The van der Waals surface area contributed by atoms with E-state index in [-0.39, 0.29) is 28.9 Å². The maximum absolute atomic E-state index is 13.9. The Morgan fingerprint density at radius 2 is 1.90 bits per heavy atom. The molecule has 6 rings (SSSR count). The standard InChI is InChI=1S/C28H35F2N9O2/c1-18(40)36-10-6-20(7-11-36)37-14-21(15-37)38-16-24(25(35-38)26(29)30)34-27(41)23-5-2-4-22(33-23)19-12-32-39(13-19)28(17-31)8-3-9-28/h2,4-5,12-13,16,20-21,26H,3,6-11,14-15,17,31H2,1H3,(H,34,41). The third-order valence-electron chi connectivity index (χ3n) is 8.92. The van der Waals surface area contributed by atoms with Gasteiger partial charge in [-0.1, -0.05) is 6.07 Å². The zero-order valence-electron chi connectivity index (χ0n) is 23.0. The summed E-state index contributed by atoms with van der Waals surface area (Å²) in [5.74, 6) is -0.497. The molecule has 13 heteroatoms. The second-order valence-electron chi connectivity index (χ2n) is 11.4. The van der Waals surface area contributed by atoms with Crippen molar-refractivity contribution in [2.75, 3.05) is 38.0 Å². The summed E-state index contributed by atoms with van der Waals surface area (Å²) in [6.45, 7) is 4.94. The van der Waals surface area contributed by atoms with E-state index in [0.29, 0.717) is 31.4 Å². The first kappa shape index (κ1) is 27.5. The van der Waals surface area contributed by atoms with Crippen LogP contribution in [0.1, 0.15) is 67.7 Å². The lowest BCUT2D eigenvalue weighted by Crippen LogP contribution is -2.56. The molecule has 41 heavy (non-hydrogen) atoms. The van der Waals surface area contributed by atoms with Crippen molar-refractivity contribution in [1.29, 1.82) is 0 Å². The molecule has 3 aromatic heterocycles. The summed E-state index contributed by atoms with van der Waals surface area (Å²) < 4.78 is 31.2. The minimum atomic E-state index is -2.84. The largest absolute Gasteiger partial charge is 0.343 e. The van der Waals surface area contributed by atoms with Gasteiger partial charge in [0.2, 0.25) is 5.91 Å². The van der Waals surface area contributed by atoms with E-state index in [2.05, 4.69) is 25.4 Å². The Morgan fingerprint density at radius 3 is 2.54 bits per heavy atom. The molecule has 218 valence electrons. The third-order valence-corrected chi connectivity index (χ3v) is 8.92. The van der Waals surface area contributed by atoms with Gasteiger partial charge in [-0.05, 0) is 44.2 Å². The fourth-order valence-corrected chi connectivity index (χ4v) is 6.08. The maximum atomic E-state index is 13.9. The van der Waals surface area contributed by atoms with Gasteiger partial charge >= 0.3 is 0 Å². The van der Waals surface area contributed by atoms with Crippen molar-refractivity contribution in [2.45, 2.75) is 63.1 Å². The van der Waals surface area contributed by atoms with Crippen molar-refractivity contribution in [3.63, 3.8) is 0 Å². The highest BCUT2D eigenvalue weighted by Gasteiger charge is 2.39. The van der Waals surface area contributed by atoms with Crippen molar-refractivity contribution in [2.24, 2.45) is 5.73 Å². The van der Waals surface area contributed by atoms with E-state index < -0.39 is 18.0 Å². The quantitative estimate of drug-likeness (QED) is 0.428. The highest BCUT2D eigenvalue weighted by molar-refractivity contribution is 6.03. The number of aromatic nitrogens is 5. The van der Waals surface area contributed by atoms with Crippen LogP contribution in [0.2, 0.25) is 0 Å². The van der Waals surface area contributed by atoms with Gasteiger partial charge in [-0.25, -0.2) is 13.8 Å². The lowest BCUT2D eigenvalue weighted by molar-refractivity contribution is -0.130. The summed E-state index contributed by atoms with van der Waals surface area (Å²) in [5, 5.41) is 11.2. The second kappa shape index (κ2) is 10.9. The lowest BCUT2D eigenvalue weighted by atomic mass is 9.77. The molecule has 0 radical (unpaired) electrons. The molecule has 3 aromatic rings. The molecule has 2 saturated heterocycles. The van der Waals surface area contributed by atoms with Gasteiger partial charge < -0.3 is 16.0 Å². The fraction of sp³-hybridized carbons (Fsp3) is 0.536. The zero-order valence-corrected chi connectivity index (χ0v) is 23.0. The molecule has 0 unspecified atom stereocenters. The van der Waals surface area contributed by atoms with Crippen LogP contribution in [0, 0.1) is 0 Å². The highest BCUT2D eigenvalue weighted by Crippen LogP contribution is 2.38. The minimum absolute atomic E-state index is 0.0203. The van der Waals surface area contributed by atoms with Crippen LogP contribution in [0.5, 0.6) is 0 Å². The normalized spacial score (nSPS) is 19.7. The number of nitrogens with two attached hydrogens (primary N) is 1. The van der Waals surface area contributed by atoms with Gasteiger partial charge in [-0.3, -0.25) is 23.9 Å². The van der Waals surface area contributed by atoms with Crippen molar-refractivity contribution >= 4 is 17.5 Å². The van der Waals surface area contributed by atoms with Gasteiger partial charge in [-0.15, -0.1) is 0 Å². The average molecular weight is 568 g/mol. The Kier molecular flexibility index (Phi) is 7.32. The van der Waals surface area contributed by atoms with E-state index in [1.807, 2.05) is 15.8 Å². The molecule has 0 spiro atoms. The van der Waals surface area contributed by atoms with Crippen LogP contribution < -0.4 is 11.1 Å². The van der Waals surface area contributed by atoms with E-state index in [1.54, 1.807) is 31.3 Å². The number of hydrogen-bond donors (Lipinski definition) is 2. The Hall–Kier alpha value is -3.71. The van der Waals surface area contributed by atoms with E-state index in [1.165, 1.54) is 10.9 Å². The Labute approximate surface area is 236 Å². The summed E-state index contributed by atoms with van der Waals surface area (Å²) in [6.07, 6.45) is 7.09. The molecule has 3 fully saturated rings. The summed E-state index contributed by atoms with van der Waals surface area (Å²) >= 11 is 0. The number of amides is 2. The van der Waals surface area contributed by atoms with Gasteiger partial charge in [0.05, 0.1) is 29.2 Å². The SMILES string of the molecule is CC(=O)N1CCC(N2CC(n3cc(NC(=O)c4cccc(-c5cnn(C6(CN)CCC6)c5)n4)c(C(F)F)n3)C2)CC1. The van der Waals surface area contributed by atoms with Gasteiger partial charge in [0.1, 0.15) is 5.69 Å². The predicted octanol–water partition coefficient (Wildman–Crippen LogP) is 3.04. The van der Waals surface area contributed by atoms with E-state index in [4.69, 9.17) is 5.73 Å². The molecule has 0 atom stereocenters. The van der Waals surface area contributed by atoms with Crippen LogP contribution in [-0.4, -0.2) is 84.9 Å². The molecule has 11 nitrogen and oxygen atoms in total. The van der Waals surface area contributed by atoms with Crippen LogP contribution in [-0.2, 0) is 10.3 Å². The molecule has 0 aromatic carbocycles. The van der Waals surface area contributed by atoms with Crippen LogP contribution >= 0.6 is 0 Å². The molecule has 0 bridgehead atoms. The molecule has 3 aliphatic rings. The third kappa shape index (κ3) is 5.23. The Bertz CT molecular complexity index is 1410. The topological polar surface area (TPSA) is 127 Å². The summed E-state index contributed by atoms with van der Waals surface area (Å²) in [6, 6.07) is 5.34. The number of alkyl halides is 2. The molecule has 3 N–H and O–H groups in total. The molecule has 5 heterocycles. The van der Waals surface area contributed by atoms with Gasteiger partial charge in [-0.2, -0.15) is 10.2 Å².